The molecule has 0 fully saturated rings. The van der Waals surface area contributed by atoms with Crippen LogP contribution in [0.15, 0.2) is 64.8 Å². The van der Waals surface area contributed by atoms with Crippen molar-refractivity contribution in [2.24, 2.45) is 16.1 Å². The maximum atomic E-state index is 11.9. The van der Waals surface area contributed by atoms with E-state index in [-0.39, 0.29) is 18.2 Å². The first-order valence-corrected chi connectivity index (χ1v) is 8.54. The molecule has 138 valence electrons. The average Bonchev–Trinajstić information content (AvgIpc) is 3.00. The maximum absolute atomic E-state index is 11.9. The third-order valence-corrected chi connectivity index (χ3v) is 4.08. The number of carbonyl (C=O) groups excluding carboxylic acids is 2. The highest BCUT2D eigenvalue weighted by Gasteiger charge is 2.28. The number of hydrogen-bond acceptors (Lipinski definition) is 5. The topological polar surface area (TPSA) is 92.2 Å². The molecule has 0 saturated heterocycles. The van der Waals surface area contributed by atoms with Crippen LogP contribution in [0.2, 0.25) is 0 Å². The number of rotatable bonds is 7. The molecule has 27 heavy (non-hydrogen) atoms. The SMILES string of the molecule is CC1=NNC(=O)C1CC(=O)N/N=C\c1ccc(OCc2ccccc2)cc1. The molecule has 1 heterocycles. The summed E-state index contributed by atoms with van der Waals surface area (Å²) < 4.78 is 5.72. The van der Waals surface area contributed by atoms with E-state index < -0.39 is 5.92 Å². The fourth-order valence-corrected chi connectivity index (χ4v) is 2.53. The van der Waals surface area contributed by atoms with E-state index in [0.717, 1.165) is 16.9 Å². The Bertz CT molecular complexity index is 861. The smallest absolute Gasteiger partial charge is 0.249 e. The third kappa shape index (κ3) is 5.24. The largest absolute Gasteiger partial charge is 0.489 e. The highest BCUT2D eigenvalue weighted by atomic mass is 16.5. The Morgan fingerprint density at radius 3 is 2.63 bits per heavy atom. The third-order valence-electron chi connectivity index (χ3n) is 4.08. The van der Waals surface area contributed by atoms with Crippen molar-refractivity contribution in [1.29, 1.82) is 0 Å². The summed E-state index contributed by atoms with van der Waals surface area (Å²) in [6.07, 6.45) is 1.55. The molecule has 0 aliphatic carbocycles. The summed E-state index contributed by atoms with van der Waals surface area (Å²) in [5, 5.41) is 7.73. The Morgan fingerprint density at radius 2 is 1.96 bits per heavy atom. The molecule has 1 atom stereocenters. The fraction of sp³-hybridized carbons (Fsp3) is 0.200. The highest BCUT2D eigenvalue weighted by Crippen LogP contribution is 2.14. The zero-order valence-electron chi connectivity index (χ0n) is 14.9. The summed E-state index contributed by atoms with van der Waals surface area (Å²) in [7, 11) is 0. The molecule has 0 spiro atoms. The predicted octanol–water partition coefficient (Wildman–Crippen LogP) is 2.23. The summed E-state index contributed by atoms with van der Waals surface area (Å²) in [5.74, 6) is -0.383. The minimum Gasteiger partial charge on any atom is -0.489 e. The van der Waals surface area contributed by atoms with Gasteiger partial charge in [-0.25, -0.2) is 10.9 Å². The first-order valence-electron chi connectivity index (χ1n) is 8.54. The van der Waals surface area contributed by atoms with Crippen LogP contribution in [-0.4, -0.2) is 23.7 Å². The molecule has 2 amide bonds. The molecule has 0 aromatic heterocycles. The van der Waals surface area contributed by atoms with Gasteiger partial charge in [-0.05, 0) is 42.3 Å². The average molecular weight is 364 g/mol. The zero-order valence-corrected chi connectivity index (χ0v) is 14.9. The van der Waals surface area contributed by atoms with Gasteiger partial charge in [-0.15, -0.1) is 0 Å². The van der Waals surface area contributed by atoms with Gasteiger partial charge in [0.05, 0.1) is 12.1 Å². The Balaban J connectivity index is 1.45. The maximum Gasteiger partial charge on any atom is 0.249 e. The summed E-state index contributed by atoms with van der Waals surface area (Å²) in [6, 6.07) is 17.3. The lowest BCUT2D eigenvalue weighted by Gasteiger charge is -2.06. The lowest BCUT2D eigenvalue weighted by atomic mass is 10.0. The first kappa shape index (κ1) is 18.3. The molecule has 7 heteroatoms. The van der Waals surface area contributed by atoms with Gasteiger partial charge < -0.3 is 4.74 Å². The molecule has 0 saturated carbocycles. The molecule has 2 aromatic carbocycles. The van der Waals surface area contributed by atoms with Gasteiger partial charge in [-0.3, -0.25) is 9.59 Å². The molecule has 2 aromatic rings. The van der Waals surface area contributed by atoms with Gasteiger partial charge in [0, 0.05) is 12.1 Å². The molecule has 1 unspecified atom stereocenters. The van der Waals surface area contributed by atoms with Gasteiger partial charge in [0.25, 0.3) is 0 Å². The minimum atomic E-state index is -0.527. The lowest BCUT2D eigenvalue weighted by Crippen LogP contribution is -2.29. The van der Waals surface area contributed by atoms with Crippen LogP contribution in [0, 0.1) is 5.92 Å². The van der Waals surface area contributed by atoms with Crippen LogP contribution in [-0.2, 0) is 16.2 Å². The van der Waals surface area contributed by atoms with Crippen molar-refractivity contribution in [1.82, 2.24) is 10.9 Å². The van der Waals surface area contributed by atoms with Crippen LogP contribution >= 0.6 is 0 Å². The quantitative estimate of drug-likeness (QED) is 0.583. The Kier molecular flexibility index (Phi) is 5.94. The first-order chi connectivity index (χ1) is 13.1. The van der Waals surface area contributed by atoms with E-state index in [9.17, 15) is 9.59 Å². The van der Waals surface area contributed by atoms with Crippen molar-refractivity contribution >= 4 is 23.7 Å². The Morgan fingerprint density at radius 1 is 1.22 bits per heavy atom. The van der Waals surface area contributed by atoms with E-state index in [1.165, 1.54) is 6.21 Å². The Hall–Kier alpha value is -3.48. The molecule has 2 N–H and O–H groups in total. The number of hydrazone groups is 2. The lowest BCUT2D eigenvalue weighted by molar-refractivity contribution is -0.127. The highest BCUT2D eigenvalue weighted by molar-refractivity contribution is 6.09. The molecule has 3 rings (SSSR count). The number of carbonyl (C=O) groups is 2. The molecule has 1 aliphatic heterocycles. The second-order valence-corrected chi connectivity index (χ2v) is 6.12. The molecular weight excluding hydrogens is 344 g/mol. The number of nitrogens with zero attached hydrogens (tertiary/aromatic N) is 2. The van der Waals surface area contributed by atoms with Crippen molar-refractivity contribution in [3.8, 4) is 5.75 Å². The van der Waals surface area contributed by atoms with E-state index in [4.69, 9.17) is 4.74 Å². The number of hydrogen-bond donors (Lipinski definition) is 2. The summed E-state index contributed by atoms with van der Waals surface area (Å²) in [5.41, 5.74) is 7.30. The van der Waals surface area contributed by atoms with E-state index in [1.807, 2.05) is 54.6 Å². The summed E-state index contributed by atoms with van der Waals surface area (Å²) >= 11 is 0. The van der Waals surface area contributed by atoms with Crippen molar-refractivity contribution < 1.29 is 14.3 Å². The van der Waals surface area contributed by atoms with Gasteiger partial charge in [0.2, 0.25) is 11.8 Å². The molecular formula is C20H20N4O3. The minimum absolute atomic E-state index is 0.0186. The molecule has 7 nitrogen and oxygen atoms in total. The van der Waals surface area contributed by atoms with Crippen LogP contribution in [0.5, 0.6) is 5.75 Å². The molecule has 0 radical (unpaired) electrons. The van der Waals surface area contributed by atoms with Gasteiger partial charge in [-0.2, -0.15) is 10.2 Å². The van der Waals surface area contributed by atoms with Crippen LogP contribution in [0.25, 0.3) is 0 Å². The van der Waals surface area contributed by atoms with Gasteiger partial charge in [-0.1, -0.05) is 30.3 Å². The van der Waals surface area contributed by atoms with Crippen LogP contribution in [0.3, 0.4) is 0 Å². The van der Waals surface area contributed by atoms with Crippen LogP contribution in [0.4, 0.5) is 0 Å². The number of benzene rings is 2. The van der Waals surface area contributed by atoms with Crippen LogP contribution < -0.4 is 15.6 Å². The zero-order chi connectivity index (χ0) is 19.1. The van der Waals surface area contributed by atoms with Crippen molar-refractivity contribution in [2.45, 2.75) is 20.0 Å². The standard InChI is InChI=1S/C20H20N4O3/c1-14-18(20(26)24-22-14)11-19(25)23-21-12-15-7-9-17(10-8-15)27-13-16-5-3-2-4-6-16/h2-10,12,18H,11,13H2,1H3,(H,23,25)(H,24,26)/b21-12-. The number of amides is 2. The predicted molar refractivity (Wildman–Crippen MR) is 102 cm³/mol. The molecule has 0 bridgehead atoms. The summed E-state index contributed by atoms with van der Waals surface area (Å²) in [4.78, 5) is 23.4. The van der Waals surface area contributed by atoms with Crippen molar-refractivity contribution in [2.75, 3.05) is 0 Å². The van der Waals surface area contributed by atoms with E-state index in [1.54, 1.807) is 6.92 Å². The van der Waals surface area contributed by atoms with E-state index in [0.29, 0.717) is 12.3 Å². The van der Waals surface area contributed by atoms with Gasteiger partial charge >= 0.3 is 0 Å². The number of ether oxygens (including phenoxy) is 1. The van der Waals surface area contributed by atoms with Gasteiger partial charge in [0.1, 0.15) is 12.4 Å². The Labute approximate surface area is 157 Å². The second-order valence-electron chi connectivity index (χ2n) is 6.12. The fourth-order valence-electron chi connectivity index (χ4n) is 2.53. The number of nitrogens with one attached hydrogen (secondary N) is 2. The van der Waals surface area contributed by atoms with Crippen molar-refractivity contribution in [3.63, 3.8) is 0 Å². The second kappa shape index (κ2) is 8.75. The van der Waals surface area contributed by atoms with Gasteiger partial charge in [0.15, 0.2) is 0 Å². The molecule has 1 aliphatic rings. The van der Waals surface area contributed by atoms with Crippen LogP contribution in [0.1, 0.15) is 24.5 Å². The van der Waals surface area contributed by atoms with E-state index in [2.05, 4.69) is 21.1 Å². The van der Waals surface area contributed by atoms with E-state index >= 15 is 0 Å². The monoisotopic (exact) mass is 364 g/mol. The summed E-state index contributed by atoms with van der Waals surface area (Å²) in [6.45, 7) is 2.21. The normalized spacial score (nSPS) is 16.1. The van der Waals surface area contributed by atoms with Crippen molar-refractivity contribution in [3.05, 3.63) is 65.7 Å².